The van der Waals surface area contributed by atoms with E-state index in [4.69, 9.17) is 4.74 Å². The van der Waals surface area contributed by atoms with E-state index < -0.39 is 0 Å². The molecule has 5 heteroatoms. The van der Waals surface area contributed by atoms with Gasteiger partial charge in [-0.2, -0.15) is 0 Å². The average Bonchev–Trinajstić information content (AvgIpc) is 2.89. The van der Waals surface area contributed by atoms with Crippen LogP contribution in [0.1, 0.15) is 32.4 Å². The molecule has 0 aliphatic heterocycles. The Morgan fingerprint density at radius 3 is 3.06 bits per heavy atom. The smallest absolute Gasteiger partial charge is 0.193 e. The fourth-order valence-corrected chi connectivity index (χ4v) is 2.67. The van der Waals surface area contributed by atoms with Crippen LogP contribution in [0.2, 0.25) is 0 Å². The molecule has 2 rings (SSSR count). The highest BCUT2D eigenvalue weighted by Gasteiger charge is 2.19. The standard InChI is InChI=1S/C13H18N2O2S/c1-3-5-12(17-4-2)11(16)8-10-9-15-6-7-18-13(15)14-10/h6-7,9,12H,3-5,8H2,1-2H3. The molecule has 4 nitrogen and oxygen atoms in total. The lowest BCUT2D eigenvalue weighted by Gasteiger charge is -2.14. The first-order valence-electron chi connectivity index (χ1n) is 6.30. The van der Waals surface area contributed by atoms with Crippen molar-refractivity contribution in [1.29, 1.82) is 0 Å². The summed E-state index contributed by atoms with van der Waals surface area (Å²) in [7, 11) is 0. The van der Waals surface area contributed by atoms with Crippen molar-refractivity contribution in [3.8, 4) is 0 Å². The van der Waals surface area contributed by atoms with E-state index in [2.05, 4.69) is 11.9 Å². The molecule has 0 aliphatic carbocycles. The van der Waals surface area contributed by atoms with Crippen LogP contribution in [0.15, 0.2) is 17.8 Å². The van der Waals surface area contributed by atoms with E-state index >= 15 is 0 Å². The molecule has 2 heterocycles. The molecule has 0 amide bonds. The molecule has 0 saturated heterocycles. The van der Waals surface area contributed by atoms with Crippen LogP contribution in [0, 0.1) is 0 Å². The predicted molar refractivity (Wildman–Crippen MR) is 72.1 cm³/mol. The molecule has 1 unspecified atom stereocenters. The molecule has 2 aromatic rings. The van der Waals surface area contributed by atoms with Gasteiger partial charge in [-0.1, -0.05) is 13.3 Å². The van der Waals surface area contributed by atoms with E-state index in [0.717, 1.165) is 23.5 Å². The van der Waals surface area contributed by atoms with Gasteiger partial charge in [0.25, 0.3) is 0 Å². The number of hydrogen-bond acceptors (Lipinski definition) is 4. The van der Waals surface area contributed by atoms with Gasteiger partial charge in [-0.15, -0.1) is 11.3 Å². The number of ketones is 1. The Labute approximate surface area is 111 Å². The maximum atomic E-state index is 12.1. The minimum absolute atomic E-state index is 0.129. The van der Waals surface area contributed by atoms with E-state index in [1.54, 1.807) is 11.3 Å². The largest absolute Gasteiger partial charge is 0.371 e. The summed E-state index contributed by atoms with van der Waals surface area (Å²) in [5, 5.41) is 1.98. The SMILES string of the molecule is CCCC(OCC)C(=O)Cc1cn2ccsc2n1. The van der Waals surface area contributed by atoms with E-state index in [1.165, 1.54) is 0 Å². The number of ether oxygens (including phenoxy) is 1. The van der Waals surface area contributed by atoms with Gasteiger partial charge in [0.2, 0.25) is 0 Å². The summed E-state index contributed by atoms with van der Waals surface area (Å²) in [5.74, 6) is 0.129. The van der Waals surface area contributed by atoms with Crippen LogP contribution in [0.25, 0.3) is 4.96 Å². The van der Waals surface area contributed by atoms with E-state index in [9.17, 15) is 4.79 Å². The summed E-state index contributed by atoms with van der Waals surface area (Å²) in [6.45, 7) is 4.56. The number of fused-ring (bicyclic) bond motifs is 1. The van der Waals surface area contributed by atoms with Crippen molar-refractivity contribution in [2.24, 2.45) is 0 Å². The molecule has 0 aliphatic rings. The van der Waals surface area contributed by atoms with Gasteiger partial charge >= 0.3 is 0 Å². The number of thiazole rings is 1. The van der Waals surface area contributed by atoms with Crippen LogP contribution in [-0.2, 0) is 16.0 Å². The van der Waals surface area contributed by atoms with Crippen LogP contribution < -0.4 is 0 Å². The number of aromatic nitrogens is 2. The first-order chi connectivity index (χ1) is 8.74. The van der Waals surface area contributed by atoms with Crippen LogP contribution in [-0.4, -0.2) is 27.9 Å². The second-order valence-corrected chi connectivity index (χ2v) is 5.07. The van der Waals surface area contributed by atoms with Crippen molar-refractivity contribution in [2.45, 2.75) is 39.2 Å². The van der Waals surface area contributed by atoms with Gasteiger partial charge in [0.05, 0.1) is 12.1 Å². The Balaban J connectivity index is 2.02. The molecule has 2 aromatic heterocycles. The minimum Gasteiger partial charge on any atom is -0.371 e. The zero-order chi connectivity index (χ0) is 13.0. The fourth-order valence-electron chi connectivity index (χ4n) is 1.95. The Morgan fingerprint density at radius 1 is 1.56 bits per heavy atom. The maximum Gasteiger partial charge on any atom is 0.193 e. The first kappa shape index (κ1) is 13.2. The third-order valence-electron chi connectivity index (χ3n) is 2.78. The Bertz CT molecular complexity index is 483. The molecule has 0 aromatic carbocycles. The molecule has 0 fully saturated rings. The van der Waals surface area contributed by atoms with Crippen molar-refractivity contribution in [3.05, 3.63) is 23.5 Å². The summed E-state index contributed by atoms with van der Waals surface area (Å²) < 4.78 is 7.44. The molecular formula is C13H18N2O2S. The monoisotopic (exact) mass is 266 g/mol. The van der Waals surface area contributed by atoms with Crippen molar-refractivity contribution >= 4 is 22.1 Å². The second kappa shape index (κ2) is 6.11. The molecule has 0 radical (unpaired) electrons. The number of Topliss-reactive ketones (excluding diaryl/α,β-unsaturated/α-hetero) is 1. The van der Waals surface area contributed by atoms with Crippen molar-refractivity contribution in [3.63, 3.8) is 0 Å². The van der Waals surface area contributed by atoms with Crippen molar-refractivity contribution in [2.75, 3.05) is 6.61 Å². The Hall–Kier alpha value is -1.20. The average molecular weight is 266 g/mol. The normalized spacial score (nSPS) is 13.0. The summed E-state index contributed by atoms with van der Waals surface area (Å²) >= 11 is 1.57. The van der Waals surface area contributed by atoms with Gasteiger partial charge in [0.1, 0.15) is 6.10 Å². The number of hydrogen-bond donors (Lipinski definition) is 0. The minimum atomic E-state index is -0.278. The molecule has 0 N–H and O–H groups in total. The maximum absolute atomic E-state index is 12.1. The van der Waals surface area contributed by atoms with Crippen LogP contribution in [0.4, 0.5) is 0 Å². The summed E-state index contributed by atoms with van der Waals surface area (Å²) in [5.41, 5.74) is 0.827. The van der Waals surface area contributed by atoms with Gasteiger partial charge < -0.3 is 4.74 Å². The zero-order valence-electron chi connectivity index (χ0n) is 10.8. The summed E-state index contributed by atoms with van der Waals surface area (Å²) in [6, 6.07) is 0. The number of carbonyl (C=O) groups is 1. The lowest BCUT2D eigenvalue weighted by Crippen LogP contribution is -2.26. The topological polar surface area (TPSA) is 43.6 Å². The lowest BCUT2D eigenvalue weighted by atomic mass is 10.1. The summed E-state index contributed by atoms with van der Waals surface area (Å²) in [6.07, 6.45) is 5.69. The van der Waals surface area contributed by atoms with Crippen LogP contribution >= 0.6 is 11.3 Å². The molecule has 18 heavy (non-hydrogen) atoms. The molecule has 1 atom stereocenters. The lowest BCUT2D eigenvalue weighted by molar-refractivity contribution is -0.130. The van der Waals surface area contributed by atoms with E-state index in [1.807, 2.05) is 29.1 Å². The highest BCUT2D eigenvalue weighted by atomic mass is 32.1. The molecular weight excluding hydrogens is 248 g/mol. The van der Waals surface area contributed by atoms with Gasteiger partial charge in [0, 0.05) is 24.4 Å². The second-order valence-electron chi connectivity index (χ2n) is 4.20. The van der Waals surface area contributed by atoms with Gasteiger partial charge in [0.15, 0.2) is 10.7 Å². The van der Waals surface area contributed by atoms with Crippen LogP contribution in [0.3, 0.4) is 0 Å². The third-order valence-corrected chi connectivity index (χ3v) is 3.55. The first-order valence-corrected chi connectivity index (χ1v) is 7.18. The molecule has 0 bridgehead atoms. The predicted octanol–water partition coefficient (Wildman–Crippen LogP) is 2.71. The Morgan fingerprint density at radius 2 is 2.39 bits per heavy atom. The van der Waals surface area contributed by atoms with Gasteiger partial charge in [-0.25, -0.2) is 4.98 Å². The quantitative estimate of drug-likeness (QED) is 0.774. The molecule has 0 spiro atoms. The number of carbonyl (C=O) groups excluding carboxylic acids is 1. The van der Waals surface area contributed by atoms with Gasteiger partial charge in [-0.05, 0) is 13.3 Å². The Kier molecular flexibility index (Phi) is 4.49. The highest BCUT2D eigenvalue weighted by Crippen LogP contribution is 2.13. The zero-order valence-corrected chi connectivity index (χ0v) is 11.6. The van der Waals surface area contributed by atoms with Gasteiger partial charge in [-0.3, -0.25) is 9.20 Å². The number of imidazole rings is 1. The van der Waals surface area contributed by atoms with E-state index in [-0.39, 0.29) is 11.9 Å². The van der Waals surface area contributed by atoms with Crippen LogP contribution in [0.5, 0.6) is 0 Å². The number of rotatable bonds is 7. The molecule has 98 valence electrons. The van der Waals surface area contributed by atoms with Crippen molar-refractivity contribution in [1.82, 2.24) is 9.38 Å². The number of nitrogens with zero attached hydrogens (tertiary/aromatic N) is 2. The highest BCUT2D eigenvalue weighted by molar-refractivity contribution is 7.15. The van der Waals surface area contributed by atoms with Crippen molar-refractivity contribution < 1.29 is 9.53 Å². The third kappa shape index (κ3) is 2.97. The molecule has 0 saturated carbocycles. The van der Waals surface area contributed by atoms with E-state index in [0.29, 0.717) is 13.0 Å². The fraction of sp³-hybridized carbons (Fsp3) is 0.538. The summed E-state index contributed by atoms with van der Waals surface area (Å²) in [4.78, 5) is 17.5.